The van der Waals surface area contributed by atoms with Gasteiger partial charge >= 0.3 is 5.97 Å². The summed E-state index contributed by atoms with van der Waals surface area (Å²) in [5.41, 5.74) is -0.676. The third kappa shape index (κ3) is 3.42. The van der Waals surface area contributed by atoms with E-state index >= 15 is 0 Å². The van der Waals surface area contributed by atoms with E-state index in [1.165, 1.54) is 6.92 Å². The van der Waals surface area contributed by atoms with Gasteiger partial charge in [0.2, 0.25) is 0 Å². The maximum absolute atomic E-state index is 11.9. The SMILES string of the molecule is CC(=O)O[C@H]1[C@@H]2O[C@H](C=C2C(C)C)[C@@](C)(O)CC[C@H]2O[C@]2(C)CC[C@H]2O[C@]21C. The molecule has 0 spiro atoms. The summed E-state index contributed by atoms with van der Waals surface area (Å²) in [6, 6.07) is 0. The monoisotopic (exact) mass is 394 g/mol. The summed E-state index contributed by atoms with van der Waals surface area (Å²) in [5, 5.41) is 11.2. The molecule has 4 aliphatic rings. The quantitative estimate of drug-likeness (QED) is 0.441. The van der Waals surface area contributed by atoms with Crippen molar-refractivity contribution in [3.63, 3.8) is 0 Å². The standard InChI is InChI=1S/C22H34O6/c1-12(2)14-11-17-20(4,24)9-7-15-21(5,27-15)10-8-16-22(6,28-16)19(18(14)26-17)25-13(3)23/h11-12,15-19,24H,7-10H2,1-6H3/t15-,16-,17-,18-,19+,20+,21-,22-/m1/s1. The number of aliphatic hydroxyl groups is 1. The predicted octanol–water partition coefficient (Wildman–Crippen LogP) is 2.91. The minimum absolute atomic E-state index is 0.0100. The number of rotatable bonds is 2. The van der Waals surface area contributed by atoms with E-state index in [4.69, 9.17) is 18.9 Å². The third-order valence-electron chi connectivity index (χ3n) is 7.21. The summed E-state index contributed by atoms with van der Waals surface area (Å²) < 4.78 is 24.2. The number of hydrogen-bond donors (Lipinski definition) is 1. The van der Waals surface area contributed by atoms with Crippen LogP contribution in [-0.2, 0) is 23.7 Å². The Balaban J connectivity index is 1.68. The largest absolute Gasteiger partial charge is 0.456 e. The second-order valence-electron chi connectivity index (χ2n) is 9.97. The molecule has 0 saturated carbocycles. The zero-order valence-corrected chi connectivity index (χ0v) is 17.9. The van der Waals surface area contributed by atoms with Gasteiger partial charge in [-0.3, -0.25) is 4.79 Å². The zero-order chi connectivity index (χ0) is 20.5. The van der Waals surface area contributed by atoms with E-state index in [1.54, 1.807) is 0 Å². The van der Waals surface area contributed by atoms with E-state index in [-0.39, 0.29) is 29.7 Å². The molecule has 3 saturated heterocycles. The summed E-state index contributed by atoms with van der Waals surface area (Å²) >= 11 is 0. The van der Waals surface area contributed by atoms with E-state index in [1.807, 2.05) is 19.9 Å². The average molecular weight is 395 g/mol. The smallest absolute Gasteiger partial charge is 0.303 e. The fraction of sp³-hybridized carbons (Fsp3) is 0.864. The highest BCUT2D eigenvalue weighted by Crippen LogP contribution is 2.52. The molecule has 4 heterocycles. The van der Waals surface area contributed by atoms with Crippen molar-refractivity contribution in [1.82, 2.24) is 0 Å². The van der Waals surface area contributed by atoms with Crippen molar-refractivity contribution < 1.29 is 28.8 Å². The van der Waals surface area contributed by atoms with Crippen molar-refractivity contribution in [3.8, 4) is 0 Å². The second-order valence-corrected chi connectivity index (χ2v) is 9.97. The van der Waals surface area contributed by atoms with E-state index in [0.29, 0.717) is 6.42 Å². The first kappa shape index (κ1) is 20.3. The molecule has 8 atom stereocenters. The van der Waals surface area contributed by atoms with Crippen LogP contribution in [0.3, 0.4) is 0 Å². The van der Waals surface area contributed by atoms with E-state index in [9.17, 15) is 9.90 Å². The van der Waals surface area contributed by atoms with Gasteiger partial charge in [-0.15, -0.1) is 0 Å². The summed E-state index contributed by atoms with van der Waals surface area (Å²) in [7, 11) is 0. The Kier molecular flexibility index (Phi) is 4.74. The van der Waals surface area contributed by atoms with Gasteiger partial charge in [0, 0.05) is 6.92 Å². The van der Waals surface area contributed by atoms with Crippen LogP contribution in [0, 0.1) is 5.92 Å². The fourth-order valence-electron chi connectivity index (χ4n) is 5.02. The first-order chi connectivity index (χ1) is 13.0. The summed E-state index contributed by atoms with van der Waals surface area (Å²) in [4.78, 5) is 11.9. The van der Waals surface area contributed by atoms with Crippen molar-refractivity contribution in [1.29, 1.82) is 0 Å². The van der Waals surface area contributed by atoms with Gasteiger partial charge in [-0.2, -0.15) is 0 Å². The topological polar surface area (TPSA) is 80.8 Å². The lowest BCUT2D eigenvalue weighted by Crippen LogP contribution is -2.47. The highest BCUT2D eigenvalue weighted by Gasteiger charge is 2.65. The van der Waals surface area contributed by atoms with Crippen LogP contribution in [0.2, 0.25) is 0 Å². The third-order valence-corrected chi connectivity index (χ3v) is 7.21. The number of hydrogen-bond acceptors (Lipinski definition) is 6. The molecule has 3 fully saturated rings. The van der Waals surface area contributed by atoms with Crippen molar-refractivity contribution >= 4 is 5.97 Å². The Labute approximate surface area is 167 Å². The minimum Gasteiger partial charge on any atom is -0.456 e. The molecule has 0 unspecified atom stereocenters. The van der Waals surface area contributed by atoms with Crippen molar-refractivity contribution in [3.05, 3.63) is 11.6 Å². The number of fused-ring (bicyclic) bond motifs is 4. The molecule has 0 aromatic rings. The maximum Gasteiger partial charge on any atom is 0.303 e. The molecule has 6 heteroatoms. The van der Waals surface area contributed by atoms with Crippen LogP contribution in [0.15, 0.2) is 11.6 Å². The molecule has 2 bridgehead atoms. The lowest BCUT2D eigenvalue weighted by atomic mass is 9.84. The summed E-state index contributed by atoms with van der Waals surface area (Å²) in [5.74, 6) is -0.128. The van der Waals surface area contributed by atoms with Gasteiger partial charge in [-0.25, -0.2) is 0 Å². The van der Waals surface area contributed by atoms with Crippen LogP contribution in [0.1, 0.15) is 67.2 Å². The number of epoxide rings is 2. The Hall–Kier alpha value is -0.950. The molecule has 0 amide bonds. The molecule has 4 rings (SSSR count). The molecule has 28 heavy (non-hydrogen) atoms. The highest BCUT2D eigenvalue weighted by molar-refractivity contribution is 5.66. The van der Waals surface area contributed by atoms with Gasteiger partial charge in [-0.05, 0) is 57.9 Å². The summed E-state index contributed by atoms with van der Waals surface area (Å²) in [6.07, 6.45) is 3.98. The van der Waals surface area contributed by atoms with Crippen molar-refractivity contribution in [2.24, 2.45) is 5.92 Å². The fourth-order valence-corrected chi connectivity index (χ4v) is 5.02. The molecule has 4 aliphatic heterocycles. The first-order valence-electron chi connectivity index (χ1n) is 10.6. The molecule has 0 aromatic heterocycles. The normalized spacial score (nSPS) is 50.4. The van der Waals surface area contributed by atoms with Gasteiger partial charge in [0.05, 0.1) is 23.4 Å². The van der Waals surface area contributed by atoms with Crippen molar-refractivity contribution in [2.75, 3.05) is 0 Å². The minimum atomic E-state index is -1.01. The van der Waals surface area contributed by atoms with Crippen molar-refractivity contribution in [2.45, 2.75) is 115 Å². The first-order valence-corrected chi connectivity index (χ1v) is 10.6. The summed E-state index contributed by atoms with van der Waals surface area (Å²) in [6.45, 7) is 11.6. The highest BCUT2D eigenvalue weighted by atomic mass is 16.7. The molecular formula is C22H34O6. The van der Waals surface area contributed by atoms with Gasteiger partial charge in [0.25, 0.3) is 0 Å². The van der Waals surface area contributed by atoms with Gasteiger partial charge in [-0.1, -0.05) is 19.9 Å². The van der Waals surface area contributed by atoms with Crippen LogP contribution in [0.25, 0.3) is 0 Å². The van der Waals surface area contributed by atoms with Crippen LogP contribution in [0.5, 0.6) is 0 Å². The van der Waals surface area contributed by atoms with Crippen LogP contribution in [-0.4, -0.2) is 58.4 Å². The van der Waals surface area contributed by atoms with Crippen LogP contribution < -0.4 is 0 Å². The Morgan fingerprint density at radius 1 is 1.18 bits per heavy atom. The van der Waals surface area contributed by atoms with Gasteiger partial charge < -0.3 is 24.1 Å². The lowest BCUT2D eigenvalue weighted by Gasteiger charge is -2.33. The second kappa shape index (κ2) is 6.53. The maximum atomic E-state index is 11.9. The predicted molar refractivity (Wildman–Crippen MR) is 103 cm³/mol. The number of carbonyl (C=O) groups excluding carboxylic acids is 1. The molecule has 158 valence electrons. The molecule has 0 radical (unpaired) electrons. The Morgan fingerprint density at radius 3 is 2.50 bits per heavy atom. The lowest BCUT2D eigenvalue weighted by molar-refractivity contribution is -0.166. The number of carbonyl (C=O) groups is 1. The van der Waals surface area contributed by atoms with E-state index in [2.05, 4.69) is 20.8 Å². The molecule has 1 N–H and O–H groups in total. The molecule has 0 aromatic carbocycles. The molecule has 0 aliphatic carbocycles. The van der Waals surface area contributed by atoms with E-state index < -0.39 is 29.5 Å². The van der Waals surface area contributed by atoms with Crippen LogP contribution >= 0.6 is 0 Å². The van der Waals surface area contributed by atoms with E-state index in [0.717, 1.165) is 24.8 Å². The van der Waals surface area contributed by atoms with Crippen LogP contribution in [0.4, 0.5) is 0 Å². The number of esters is 1. The average Bonchev–Trinajstić information content (AvgIpc) is 3.36. The Morgan fingerprint density at radius 2 is 1.86 bits per heavy atom. The van der Waals surface area contributed by atoms with Gasteiger partial charge in [0.15, 0.2) is 6.10 Å². The molecule has 6 nitrogen and oxygen atoms in total. The zero-order valence-electron chi connectivity index (χ0n) is 17.9. The molecular weight excluding hydrogens is 360 g/mol. The number of ether oxygens (including phenoxy) is 4. The Bertz CT molecular complexity index is 685. The van der Waals surface area contributed by atoms with Gasteiger partial charge in [0.1, 0.15) is 17.8 Å².